The highest BCUT2D eigenvalue weighted by molar-refractivity contribution is 5.23. The molecule has 0 bridgehead atoms. The van der Waals surface area contributed by atoms with Gasteiger partial charge < -0.3 is 9.64 Å². The fraction of sp³-hybridized carbons (Fsp3) is 0.667. The van der Waals surface area contributed by atoms with Gasteiger partial charge in [0.15, 0.2) is 0 Å². The molecule has 13 heavy (non-hydrogen) atoms. The van der Waals surface area contributed by atoms with Crippen molar-refractivity contribution in [3.8, 4) is 5.88 Å². The molecular formula is C9H17N3O. The minimum absolute atomic E-state index is 0.681. The van der Waals surface area contributed by atoms with Crippen LogP contribution in [0.25, 0.3) is 0 Å². The molecule has 0 aromatic carbocycles. The van der Waals surface area contributed by atoms with Crippen LogP contribution in [0.4, 0.5) is 0 Å². The number of rotatable bonds is 4. The molecule has 0 N–H and O–H groups in total. The van der Waals surface area contributed by atoms with Gasteiger partial charge in [-0.3, -0.25) is 0 Å². The molecule has 4 nitrogen and oxygen atoms in total. The molecule has 1 heterocycles. The number of nitrogens with zero attached hydrogens (tertiary/aromatic N) is 3. The molecule has 0 aliphatic carbocycles. The van der Waals surface area contributed by atoms with E-state index in [2.05, 4.69) is 10.00 Å². The second kappa shape index (κ2) is 4.28. The molecule has 0 fully saturated rings. The second-order valence-corrected chi connectivity index (χ2v) is 3.27. The highest BCUT2D eigenvalue weighted by Crippen LogP contribution is 2.17. The summed E-state index contributed by atoms with van der Waals surface area (Å²) in [5.41, 5.74) is 1.13. The lowest BCUT2D eigenvalue weighted by atomic mass is 10.3. The summed E-state index contributed by atoms with van der Waals surface area (Å²) in [6.45, 7) is 3.52. The first kappa shape index (κ1) is 10.1. The monoisotopic (exact) mass is 183 g/mol. The molecule has 0 radical (unpaired) electrons. The van der Waals surface area contributed by atoms with Crippen LogP contribution in [-0.2, 0) is 13.6 Å². The Balaban J connectivity index is 2.80. The van der Waals surface area contributed by atoms with E-state index < -0.39 is 0 Å². The van der Waals surface area contributed by atoms with Crippen molar-refractivity contribution in [3.63, 3.8) is 0 Å². The predicted octanol–water partition coefficient (Wildman–Crippen LogP) is 0.880. The summed E-state index contributed by atoms with van der Waals surface area (Å²) in [5.74, 6) is 0.871. The van der Waals surface area contributed by atoms with E-state index in [0.29, 0.717) is 6.61 Å². The average Bonchev–Trinajstić information content (AvgIpc) is 2.35. The Bertz CT molecular complexity index is 268. The van der Waals surface area contributed by atoms with Gasteiger partial charge in [0.25, 0.3) is 0 Å². The quantitative estimate of drug-likeness (QED) is 0.694. The molecule has 4 heteroatoms. The molecule has 1 aromatic heterocycles. The Morgan fingerprint density at radius 1 is 1.54 bits per heavy atom. The van der Waals surface area contributed by atoms with Gasteiger partial charge in [-0.1, -0.05) is 0 Å². The van der Waals surface area contributed by atoms with E-state index in [1.807, 2.05) is 34.3 Å². The second-order valence-electron chi connectivity index (χ2n) is 3.27. The van der Waals surface area contributed by atoms with E-state index in [4.69, 9.17) is 4.74 Å². The molecule has 1 rings (SSSR count). The summed E-state index contributed by atoms with van der Waals surface area (Å²) in [7, 11) is 5.95. The van der Waals surface area contributed by atoms with Crippen LogP contribution in [0.1, 0.15) is 12.5 Å². The minimum atomic E-state index is 0.681. The molecule has 0 unspecified atom stereocenters. The summed E-state index contributed by atoms with van der Waals surface area (Å²) in [4.78, 5) is 2.10. The first-order chi connectivity index (χ1) is 6.15. The van der Waals surface area contributed by atoms with Crippen molar-refractivity contribution in [2.24, 2.45) is 7.05 Å². The van der Waals surface area contributed by atoms with Gasteiger partial charge in [-0.2, -0.15) is 5.10 Å². The zero-order chi connectivity index (χ0) is 9.84. The fourth-order valence-corrected chi connectivity index (χ4v) is 1.24. The number of hydrogen-bond acceptors (Lipinski definition) is 3. The maximum absolute atomic E-state index is 5.48. The van der Waals surface area contributed by atoms with Gasteiger partial charge in [-0.15, -0.1) is 0 Å². The summed E-state index contributed by atoms with van der Waals surface area (Å²) in [6, 6.07) is 0. The molecule has 0 saturated heterocycles. The van der Waals surface area contributed by atoms with E-state index in [0.717, 1.165) is 18.0 Å². The summed E-state index contributed by atoms with van der Waals surface area (Å²) in [5, 5.41) is 4.15. The number of aryl methyl sites for hydroxylation is 1. The Kier molecular flexibility index (Phi) is 3.31. The molecule has 0 saturated carbocycles. The van der Waals surface area contributed by atoms with Crippen molar-refractivity contribution < 1.29 is 4.74 Å². The maximum atomic E-state index is 5.48. The highest BCUT2D eigenvalue weighted by atomic mass is 16.5. The molecular weight excluding hydrogens is 166 g/mol. The SMILES string of the molecule is CCOc1c(CN(C)C)cnn1C. The lowest BCUT2D eigenvalue weighted by molar-refractivity contribution is 0.299. The van der Waals surface area contributed by atoms with Crippen molar-refractivity contribution in [2.45, 2.75) is 13.5 Å². The topological polar surface area (TPSA) is 30.3 Å². The van der Waals surface area contributed by atoms with Crippen LogP contribution in [0, 0.1) is 0 Å². The van der Waals surface area contributed by atoms with Crippen molar-refractivity contribution in [3.05, 3.63) is 11.8 Å². The summed E-state index contributed by atoms with van der Waals surface area (Å²) in [6.07, 6.45) is 1.85. The van der Waals surface area contributed by atoms with E-state index in [-0.39, 0.29) is 0 Å². The fourth-order valence-electron chi connectivity index (χ4n) is 1.24. The molecule has 74 valence electrons. The van der Waals surface area contributed by atoms with Crippen LogP contribution >= 0.6 is 0 Å². The normalized spacial score (nSPS) is 10.8. The Hall–Kier alpha value is -1.03. The molecule has 1 aromatic rings. The van der Waals surface area contributed by atoms with Crippen molar-refractivity contribution in [1.29, 1.82) is 0 Å². The van der Waals surface area contributed by atoms with Crippen molar-refractivity contribution in [1.82, 2.24) is 14.7 Å². The van der Waals surface area contributed by atoms with Gasteiger partial charge in [0.05, 0.1) is 12.8 Å². The smallest absolute Gasteiger partial charge is 0.216 e. The zero-order valence-electron chi connectivity index (χ0n) is 8.74. The van der Waals surface area contributed by atoms with Crippen molar-refractivity contribution in [2.75, 3.05) is 20.7 Å². The van der Waals surface area contributed by atoms with Crippen LogP contribution in [-0.4, -0.2) is 35.4 Å². The number of aromatic nitrogens is 2. The van der Waals surface area contributed by atoms with Gasteiger partial charge in [-0.25, -0.2) is 4.68 Å². The minimum Gasteiger partial charge on any atom is -0.478 e. The van der Waals surface area contributed by atoms with E-state index >= 15 is 0 Å². The van der Waals surface area contributed by atoms with Crippen LogP contribution in [0.15, 0.2) is 6.20 Å². The average molecular weight is 183 g/mol. The number of ether oxygens (including phenoxy) is 1. The van der Waals surface area contributed by atoms with Crippen molar-refractivity contribution >= 4 is 0 Å². The third-order valence-electron chi connectivity index (χ3n) is 1.72. The molecule has 0 amide bonds. The van der Waals surface area contributed by atoms with Gasteiger partial charge in [0.2, 0.25) is 5.88 Å². The Morgan fingerprint density at radius 3 is 2.77 bits per heavy atom. The first-order valence-corrected chi connectivity index (χ1v) is 4.43. The Labute approximate surface area is 79.1 Å². The largest absolute Gasteiger partial charge is 0.478 e. The van der Waals surface area contributed by atoms with E-state index in [1.54, 1.807) is 4.68 Å². The van der Waals surface area contributed by atoms with Gasteiger partial charge in [0, 0.05) is 19.2 Å². The molecule has 0 aliphatic rings. The molecule has 0 spiro atoms. The van der Waals surface area contributed by atoms with Crippen LogP contribution in [0.3, 0.4) is 0 Å². The zero-order valence-corrected chi connectivity index (χ0v) is 8.74. The standard InChI is InChI=1S/C9H17N3O/c1-5-13-9-8(7-11(2)3)6-10-12(9)4/h6H,5,7H2,1-4H3. The Morgan fingerprint density at radius 2 is 2.23 bits per heavy atom. The predicted molar refractivity (Wildman–Crippen MR) is 51.8 cm³/mol. The van der Waals surface area contributed by atoms with Crippen LogP contribution < -0.4 is 4.74 Å². The summed E-state index contributed by atoms with van der Waals surface area (Å²) < 4.78 is 7.25. The van der Waals surface area contributed by atoms with Gasteiger partial charge >= 0.3 is 0 Å². The number of hydrogen-bond donors (Lipinski definition) is 0. The van der Waals surface area contributed by atoms with E-state index in [1.165, 1.54) is 0 Å². The van der Waals surface area contributed by atoms with Crippen LogP contribution in [0.2, 0.25) is 0 Å². The third kappa shape index (κ3) is 2.45. The maximum Gasteiger partial charge on any atom is 0.216 e. The lowest BCUT2D eigenvalue weighted by Crippen LogP contribution is -2.11. The lowest BCUT2D eigenvalue weighted by Gasteiger charge is -2.10. The molecule has 0 atom stereocenters. The van der Waals surface area contributed by atoms with E-state index in [9.17, 15) is 0 Å². The van der Waals surface area contributed by atoms with Gasteiger partial charge in [-0.05, 0) is 21.0 Å². The first-order valence-electron chi connectivity index (χ1n) is 4.43. The van der Waals surface area contributed by atoms with Crippen LogP contribution in [0.5, 0.6) is 5.88 Å². The van der Waals surface area contributed by atoms with Gasteiger partial charge in [0.1, 0.15) is 0 Å². The highest BCUT2D eigenvalue weighted by Gasteiger charge is 2.09. The summed E-state index contributed by atoms with van der Waals surface area (Å²) >= 11 is 0. The molecule has 0 aliphatic heterocycles. The third-order valence-corrected chi connectivity index (χ3v) is 1.72.